The average Bonchev–Trinajstić information content (AvgIpc) is 3.08. The topological polar surface area (TPSA) is 105 Å². The molecule has 0 saturated carbocycles. The van der Waals surface area contributed by atoms with Crippen molar-refractivity contribution in [3.63, 3.8) is 0 Å². The molecule has 7 nitrogen and oxygen atoms in total. The van der Waals surface area contributed by atoms with Gasteiger partial charge in [-0.15, -0.1) is 0 Å². The van der Waals surface area contributed by atoms with E-state index in [0.717, 1.165) is 22.3 Å². The maximum Gasteiger partial charge on any atom is 0.407 e. The van der Waals surface area contributed by atoms with Crippen LogP contribution in [0.5, 0.6) is 0 Å². The highest BCUT2D eigenvalue weighted by Crippen LogP contribution is 2.44. The van der Waals surface area contributed by atoms with E-state index < -0.39 is 36.0 Å². The number of carbonyl (C=O) groups excluding carboxylic acids is 2. The third-order valence-electron chi connectivity index (χ3n) is 5.58. The van der Waals surface area contributed by atoms with E-state index in [1.165, 1.54) is 0 Å². The molecule has 0 atom stereocenters. The predicted octanol–water partition coefficient (Wildman–Crippen LogP) is 3.92. The van der Waals surface area contributed by atoms with Crippen LogP contribution in [0.2, 0.25) is 0 Å². The number of alkyl halides is 2. The summed E-state index contributed by atoms with van der Waals surface area (Å²) in [4.78, 5) is 34.6. The monoisotopic (exact) mass is 460 g/mol. The number of rotatable bonds is 9. The Labute approximate surface area is 190 Å². The van der Waals surface area contributed by atoms with Crippen LogP contribution in [0.4, 0.5) is 13.6 Å². The summed E-state index contributed by atoms with van der Waals surface area (Å²) in [6.07, 6.45) is -0.687. The zero-order valence-electron chi connectivity index (χ0n) is 18.4. The van der Waals surface area contributed by atoms with Gasteiger partial charge in [0, 0.05) is 17.9 Å². The molecule has 0 saturated heterocycles. The van der Waals surface area contributed by atoms with E-state index in [9.17, 15) is 23.2 Å². The van der Waals surface area contributed by atoms with Gasteiger partial charge in [-0.05, 0) is 42.5 Å². The number of carbonyl (C=O) groups is 3. The lowest BCUT2D eigenvalue weighted by molar-refractivity contribution is -0.164. The number of amides is 2. The predicted molar refractivity (Wildman–Crippen MR) is 117 cm³/mol. The summed E-state index contributed by atoms with van der Waals surface area (Å²) < 4.78 is 31.6. The molecule has 3 N–H and O–H groups in total. The van der Waals surface area contributed by atoms with Crippen molar-refractivity contribution in [2.75, 3.05) is 13.2 Å². The molecule has 2 amide bonds. The number of hydrogen-bond acceptors (Lipinski definition) is 4. The molecule has 0 unspecified atom stereocenters. The van der Waals surface area contributed by atoms with Gasteiger partial charge < -0.3 is 20.5 Å². The van der Waals surface area contributed by atoms with E-state index in [-0.39, 0.29) is 25.4 Å². The molecular weight excluding hydrogens is 434 g/mol. The molecule has 0 spiro atoms. The van der Waals surface area contributed by atoms with Crippen LogP contribution < -0.4 is 10.6 Å². The fourth-order valence-electron chi connectivity index (χ4n) is 3.77. The minimum Gasteiger partial charge on any atom is -0.477 e. The second kappa shape index (κ2) is 9.56. The average molecular weight is 460 g/mol. The Kier molecular flexibility index (Phi) is 7.00. The molecule has 1 aliphatic rings. The summed E-state index contributed by atoms with van der Waals surface area (Å²) >= 11 is 0. The molecule has 0 radical (unpaired) electrons. The Morgan fingerprint density at radius 1 is 1.00 bits per heavy atom. The van der Waals surface area contributed by atoms with Crippen molar-refractivity contribution in [2.45, 2.75) is 44.1 Å². The lowest BCUT2D eigenvalue weighted by Gasteiger charge is -2.26. The molecule has 2 aromatic rings. The number of ether oxygens (including phenoxy) is 1. The van der Waals surface area contributed by atoms with Gasteiger partial charge in [0.1, 0.15) is 6.61 Å². The SMILES string of the molecule is CC(C)(CCC(=O)NCC(F)(F)C(=O)O)NC(=O)OCC1c2ccccc2-c2ccccc21. The van der Waals surface area contributed by atoms with Crippen molar-refractivity contribution in [2.24, 2.45) is 0 Å². The third kappa shape index (κ3) is 5.85. The fraction of sp³-hybridized carbons (Fsp3) is 0.375. The Balaban J connectivity index is 1.50. The molecule has 0 fully saturated rings. The van der Waals surface area contributed by atoms with E-state index in [1.807, 2.05) is 53.8 Å². The quantitative estimate of drug-likeness (QED) is 0.526. The largest absolute Gasteiger partial charge is 0.477 e. The maximum atomic E-state index is 13.1. The van der Waals surface area contributed by atoms with Gasteiger partial charge in [0.15, 0.2) is 0 Å². The van der Waals surface area contributed by atoms with Gasteiger partial charge in [0.25, 0.3) is 0 Å². The van der Waals surface area contributed by atoms with Gasteiger partial charge in [-0.1, -0.05) is 48.5 Å². The molecule has 33 heavy (non-hydrogen) atoms. The second-order valence-electron chi connectivity index (χ2n) is 8.62. The summed E-state index contributed by atoms with van der Waals surface area (Å²) in [5.41, 5.74) is 3.54. The number of halogens is 2. The first-order valence-corrected chi connectivity index (χ1v) is 10.5. The zero-order chi connectivity index (χ0) is 24.2. The second-order valence-corrected chi connectivity index (χ2v) is 8.62. The number of alkyl carbamates (subject to hydrolysis) is 1. The van der Waals surface area contributed by atoms with Gasteiger partial charge in [0.05, 0.1) is 6.54 Å². The van der Waals surface area contributed by atoms with Gasteiger partial charge in [0.2, 0.25) is 5.91 Å². The van der Waals surface area contributed by atoms with E-state index in [0.29, 0.717) is 0 Å². The van der Waals surface area contributed by atoms with Crippen LogP contribution in [-0.4, -0.2) is 47.7 Å². The van der Waals surface area contributed by atoms with Crippen molar-refractivity contribution < 1.29 is 33.0 Å². The minimum absolute atomic E-state index is 0.0899. The van der Waals surface area contributed by atoms with Crippen LogP contribution in [-0.2, 0) is 14.3 Å². The van der Waals surface area contributed by atoms with Crippen molar-refractivity contribution in [3.05, 3.63) is 59.7 Å². The molecule has 0 aromatic heterocycles. The first-order valence-electron chi connectivity index (χ1n) is 10.5. The molecule has 3 rings (SSSR count). The van der Waals surface area contributed by atoms with Gasteiger partial charge in [-0.2, -0.15) is 8.78 Å². The Bertz CT molecular complexity index is 1010. The van der Waals surface area contributed by atoms with Crippen LogP contribution in [0, 0.1) is 0 Å². The molecule has 0 heterocycles. The number of carboxylic acid groups (broad SMARTS) is 1. The molecule has 176 valence electrons. The Morgan fingerprint density at radius 2 is 1.55 bits per heavy atom. The van der Waals surface area contributed by atoms with Crippen molar-refractivity contribution >= 4 is 18.0 Å². The highest BCUT2D eigenvalue weighted by Gasteiger charge is 2.39. The Hall–Kier alpha value is -3.49. The zero-order valence-corrected chi connectivity index (χ0v) is 18.4. The number of hydrogen-bond donors (Lipinski definition) is 3. The lowest BCUT2D eigenvalue weighted by atomic mass is 9.98. The summed E-state index contributed by atoms with van der Waals surface area (Å²) in [5, 5.41) is 13.0. The number of fused-ring (bicyclic) bond motifs is 3. The van der Waals surface area contributed by atoms with Crippen molar-refractivity contribution in [3.8, 4) is 11.1 Å². The van der Waals surface area contributed by atoms with E-state index in [2.05, 4.69) is 5.32 Å². The molecule has 9 heteroatoms. The standard InChI is InChI=1S/C24H26F2N2O5/c1-23(2,12-11-20(29)27-14-24(25,26)21(30)31)28-22(32)33-13-19-17-9-5-3-7-15(17)16-8-4-6-10-18(16)19/h3-10,19H,11-14H2,1-2H3,(H,27,29)(H,28,32)(H,30,31). The van der Waals surface area contributed by atoms with Gasteiger partial charge in [-0.25, -0.2) is 9.59 Å². The summed E-state index contributed by atoms with van der Waals surface area (Å²) in [6.45, 7) is 2.20. The molecular formula is C24H26F2N2O5. The number of aliphatic carboxylic acids is 1. The fourth-order valence-corrected chi connectivity index (χ4v) is 3.77. The van der Waals surface area contributed by atoms with Crippen LogP contribution in [0.15, 0.2) is 48.5 Å². The highest BCUT2D eigenvalue weighted by atomic mass is 19.3. The van der Waals surface area contributed by atoms with E-state index >= 15 is 0 Å². The first-order chi connectivity index (χ1) is 15.5. The molecule has 0 aliphatic heterocycles. The number of benzene rings is 2. The third-order valence-corrected chi connectivity index (χ3v) is 5.58. The Morgan fingerprint density at radius 3 is 2.09 bits per heavy atom. The number of nitrogens with one attached hydrogen (secondary N) is 2. The lowest BCUT2D eigenvalue weighted by Crippen LogP contribution is -2.46. The minimum atomic E-state index is -4.04. The maximum absolute atomic E-state index is 13.1. The van der Waals surface area contributed by atoms with Crippen LogP contribution in [0.3, 0.4) is 0 Å². The number of carboxylic acids is 1. The van der Waals surface area contributed by atoms with Crippen LogP contribution in [0.25, 0.3) is 11.1 Å². The smallest absolute Gasteiger partial charge is 0.407 e. The van der Waals surface area contributed by atoms with E-state index in [4.69, 9.17) is 9.84 Å². The van der Waals surface area contributed by atoms with Crippen LogP contribution in [0.1, 0.15) is 43.7 Å². The van der Waals surface area contributed by atoms with E-state index in [1.54, 1.807) is 13.8 Å². The summed E-state index contributed by atoms with van der Waals surface area (Å²) in [5.74, 6) is -7.17. The normalized spacial score (nSPS) is 13.1. The first kappa shape index (κ1) is 24.2. The highest BCUT2D eigenvalue weighted by molar-refractivity contribution is 5.80. The summed E-state index contributed by atoms with van der Waals surface area (Å²) in [7, 11) is 0. The van der Waals surface area contributed by atoms with Crippen molar-refractivity contribution in [1.82, 2.24) is 10.6 Å². The summed E-state index contributed by atoms with van der Waals surface area (Å²) in [6, 6.07) is 15.9. The molecule has 0 bridgehead atoms. The van der Waals surface area contributed by atoms with Crippen molar-refractivity contribution in [1.29, 1.82) is 0 Å². The van der Waals surface area contributed by atoms with Crippen LogP contribution >= 0.6 is 0 Å². The van der Waals surface area contributed by atoms with Gasteiger partial charge in [-0.3, -0.25) is 4.79 Å². The van der Waals surface area contributed by atoms with Gasteiger partial charge >= 0.3 is 18.0 Å². The molecule has 1 aliphatic carbocycles. The molecule has 2 aromatic carbocycles.